The Morgan fingerprint density at radius 3 is 2.77 bits per heavy atom. The minimum Gasteiger partial charge on any atom is -0.264 e. The molecule has 3 rings (SSSR count). The maximum Gasteiger partial charge on any atom is 0.244 e. The largest absolute Gasteiger partial charge is 0.264 e. The third kappa shape index (κ3) is 2.99. The van der Waals surface area contributed by atoms with Crippen LogP contribution >= 0.6 is 31.9 Å². The summed E-state index contributed by atoms with van der Waals surface area (Å²) in [6.45, 7) is 0.529. The summed E-state index contributed by atoms with van der Waals surface area (Å²) in [5, 5.41) is 0. The van der Waals surface area contributed by atoms with Crippen LogP contribution in [0.4, 0.5) is 0 Å². The first-order valence-electron chi connectivity index (χ1n) is 6.87. The van der Waals surface area contributed by atoms with E-state index in [1.807, 2.05) is 18.2 Å². The van der Waals surface area contributed by atoms with Crippen LogP contribution in [0.5, 0.6) is 0 Å². The van der Waals surface area contributed by atoms with Crippen molar-refractivity contribution < 1.29 is 8.42 Å². The van der Waals surface area contributed by atoms with Gasteiger partial charge < -0.3 is 0 Å². The van der Waals surface area contributed by atoms with Crippen molar-refractivity contribution in [2.45, 2.75) is 23.8 Å². The SMILES string of the molecule is O=S(=O)(c1cc(Br)ccc1Br)N1CCCC1c1cccnc1. The van der Waals surface area contributed by atoms with E-state index in [1.54, 1.807) is 28.8 Å². The molecule has 2 heterocycles. The summed E-state index contributed by atoms with van der Waals surface area (Å²) in [4.78, 5) is 4.40. The minimum absolute atomic E-state index is 0.149. The van der Waals surface area contributed by atoms with Crippen molar-refractivity contribution in [3.63, 3.8) is 0 Å². The van der Waals surface area contributed by atoms with Gasteiger partial charge in [0.2, 0.25) is 10.0 Å². The van der Waals surface area contributed by atoms with Gasteiger partial charge in [-0.1, -0.05) is 22.0 Å². The Kier molecular flexibility index (Phi) is 4.68. The smallest absolute Gasteiger partial charge is 0.244 e. The molecule has 1 saturated heterocycles. The first-order valence-corrected chi connectivity index (χ1v) is 9.89. The van der Waals surface area contributed by atoms with E-state index in [1.165, 1.54) is 0 Å². The second-order valence-electron chi connectivity index (χ2n) is 5.13. The molecule has 0 spiro atoms. The van der Waals surface area contributed by atoms with Gasteiger partial charge in [-0.25, -0.2) is 8.42 Å². The van der Waals surface area contributed by atoms with Crippen LogP contribution in [0.3, 0.4) is 0 Å². The van der Waals surface area contributed by atoms with Gasteiger partial charge in [-0.05, 0) is 58.6 Å². The van der Waals surface area contributed by atoms with Crippen molar-refractivity contribution in [1.82, 2.24) is 9.29 Å². The van der Waals surface area contributed by atoms with Gasteiger partial charge in [-0.2, -0.15) is 4.31 Å². The molecule has 0 bridgehead atoms. The Bertz CT molecular complexity index is 781. The quantitative estimate of drug-likeness (QED) is 0.713. The molecule has 0 N–H and O–H groups in total. The maximum absolute atomic E-state index is 13.0. The minimum atomic E-state index is -3.56. The molecule has 0 saturated carbocycles. The molecule has 0 amide bonds. The molecule has 0 aliphatic carbocycles. The number of pyridine rings is 1. The number of hydrogen-bond donors (Lipinski definition) is 0. The fourth-order valence-electron chi connectivity index (χ4n) is 2.74. The van der Waals surface area contributed by atoms with Gasteiger partial charge in [0.15, 0.2) is 0 Å². The van der Waals surface area contributed by atoms with Gasteiger partial charge in [0.1, 0.15) is 0 Å². The van der Waals surface area contributed by atoms with E-state index < -0.39 is 10.0 Å². The summed E-state index contributed by atoms with van der Waals surface area (Å²) >= 11 is 6.69. The lowest BCUT2D eigenvalue weighted by atomic mass is 10.1. The van der Waals surface area contributed by atoms with Gasteiger partial charge in [0, 0.05) is 27.9 Å². The first kappa shape index (κ1) is 16.1. The van der Waals surface area contributed by atoms with Crippen LogP contribution < -0.4 is 0 Å². The van der Waals surface area contributed by atoms with Crippen LogP contribution in [0.2, 0.25) is 0 Å². The van der Waals surface area contributed by atoms with E-state index >= 15 is 0 Å². The number of rotatable bonds is 3. The lowest BCUT2D eigenvalue weighted by Crippen LogP contribution is -2.31. The summed E-state index contributed by atoms with van der Waals surface area (Å²) in [5.74, 6) is 0. The van der Waals surface area contributed by atoms with Crippen molar-refractivity contribution in [2.75, 3.05) is 6.54 Å². The third-order valence-electron chi connectivity index (χ3n) is 3.75. The molecular weight excluding hydrogens is 432 g/mol. The van der Waals surface area contributed by atoms with Crippen molar-refractivity contribution in [1.29, 1.82) is 0 Å². The lowest BCUT2D eigenvalue weighted by molar-refractivity contribution is 0.396. The molecule has 1 aliphatic heterocycles. The summed E-state index contributed by atoms with van der Waals surface area (Å²) in [6, 6.07) is 8.81. The Morgan fingerprint density at radius 2 is 2.05 bits per heavy atom. The Morgan fingerprint density at radius 1 is 1.23 bits per heavy atom. The molecule has 1 atom stereocenters. The number of sulfonamides is 1. The standard InChI is InChI=1S/C15H14Br2N2O2S/c16-12-5-6-13(17)15(9-12)22(20,21)19-8-2-4-14(19)11-3-1-7-18-10-11/h1,3,5-7,9-10,14H,2,4,8H2. The van der Waals surface area contributed by atoms with Gasteiger partial charge in [-0.3, -0.25) is 4.98 Å². The van der Waals surface area contributed by atoms with E-state index in [0.29, 0.717) is 11.0 Å². The lowest BCUT2D eigenvalue weighted by Gasteiger charge is -2.24. The van der Waals surface area contributed by atoms with Gasteiger partial charge in [0.05, 0.1) is 10.9 Å². The van der Waals surface area contributed by atoms with E-state index in [9.17, 15) is 8.42 Å². The van der Waals surface area contributed by atoms with Crippen molar-refractivity contribution in [3.8, 4) is 0 Å². The predicted octanol–water partition coefficient (Wildman–Crippen LogP) is 4.13. The topological polar surface area (TPSA) is 50.3 Å². The molecule has 4 nitrogen and oxygen atoms in total. The molecule has 2 aromatic rings. The molecular formula is C15H14Br2N2O2S. The molecule has 1 aromatic carbocycles. The molecule has 1 unspecified atom stereocenters. The molecule has 116 valence electrons. The van der Waals surface area contributed by atoms with Crippen LogP contribution in [0.15, 0.2) is 56.6 Å². The highest BCUT2D eigenvalue weighted by molar-refractivity contribution is 9.11. The highest BCUT2D eigenvalue weighted by Crippen LogP contribution is 2.38. The monoisotopic (exact) mass is 444 g/mol. The molecule has 7 heteroatoms. The second-order valence-corrected chi connectivity index (χ2v) is 8.76. The molecule has 1 fully saturated rings. The molecule has 1 aromatic heterocycles. The zero-order chi connectivity index (χ0) is 15.7. The Labute approximate surface area is 146 Å². The van der Waals surface area contributed by atoms with Crippen LogP contribution in [0, 0.1) is 0 Å². The summed E-state index contributed by atoms with van der Waals surface area (Å²) in [5.41, 5.74) is 0.940. The highest BCUT2D eigenvalue weighted by Gasteiger charge is 2.37. The fraction of sp³-hybridized carbons (Fsp3) is 0.267. The number of benzene rings is 1. The normalized spacial score (nSPS) is 19.5. The number of nitrogens with zero attached hydrogens (tertiary/aromatic N) is 2. The molecule has 22 heavy (non-hydrogen) atoms. The van der Waals surface area contributed by atoms with Gasteiger partial charge in [-0.15, -0.1) is 0 Å². The predicted molar refractivity (Wildman–Crippen MR) is 91.9 cm³/mol. The first-order chi connectivity index (χ1) is 10.5. The fourth-order valence-corrected chi connectivity index (χ4v) is 5.88. The van der Waals surface area contributed by atoms with E-state index in [2.05, 4.69) is 36.8 Å². The third-order valence-corrected chi connectivity index (χ3v) is 7.15. The summed E-state index contributed by atoms with van der Waals surface area (Å²) in [6.07, 6.45) is 5.11. The van der Waals surface area contributed by atoms with Crippen LogP contribution in [-0.4, -0.2) is 24.3 Å². The van der Waals surface area contributed by atoms with Crippen molar-refractivity contribution in [3.05, 3.63) is 57.2 Å². The van der Waals surface area contributed by atoms with Crippen molar-refractivity contribution >= 4 is 41.9 Å². The highest BCUT2D eigenvalue weighted by atomic mass is 79.9. The van der Waals surface area contributed by atoms with Crippen molar-refractivity contribution in [2.24, 2.45) is 0 Å². The maximum atomic E-state index is 13.0. The molecule has 0 radical (unpaired) electrons. The number of aromatic nitrogens is 1. The van der Waals surface area contributed by atoms with E-state index in [-0.39, 0.29) is 10.9 Å². The summed E-state index contributed by atoms with van der Waals surface area (Å²) < 4.78 is 29.0. The molecule has 1 aliphatic rings. The number of hydrogen-bond acceptors (Lipinski definition) is 3. The summed E-state index contributed by atoms with van der Waals surface area (Å²) in [7, 11) is -3.56. The van der Waals surface area contributed by atoms with Gasteiger partial charge >= 0.3 is 0 Å². The average Bonchev–Trinajstić information content (AvgIpc) is 3.01. The van der Waals surface area contributed by atoms with Crippen LogP contribution in [-0.2, 0) is 10.0 Å². The zero-order valence-electron chi connectivity index (χ0n) is 11.6. The van der Waals surface area contributed by atoms with Crippen LogP contribution in [0.1, 0.15) is 24.4 Å². The number of halogens is 2. The average molecular weight is 446 g/mol. The second kappa shape index (κ2) is 6.39. The van der Waals surface area contributed by atoms with Gasteiger partial charge in [0.25, 0.3) is 0 Å². The van der Waals surface area contributed by atoms with Crippen LogP contribution in [0.25, 0.3) is 0 Å². The Balaban J connectivity index is 2.03. The zero-order valence-corrected chi connectivity index (χ0v) is 15.6. The Hall–Kier alpha value is -0.760. The van der Waals surface area contributed by atoms with E-state index in [0.717, 1.165) is 22.9 Å². The van der Waals surface area contributed by atoms with E-state index in [4.69, 9.17) is 0 Å².